The van der Waals surface area contributed by atoms with Gasteiger partial charge in [0.2, 0.25) is 5.91 Å². The van der Waals surface area contributed by atoms with Gasteiger partial charge in [-0.2, -0.15) is 0 Å². The highest BCUT2D eigenvalue weighted by atomic mass is 16.2. The van der Waals surface area contributed by atoms with Gasteiger partial charge in [0, 0.05) is 0 Å². The van der Waals surface area contributed by atoms with E-state index >= 15 is 0 Å². The van der Waals surface area contributed by atoms with Crippen molar-refractivity contribution < 1.29 is 4.79 Å². The standard InChI is InChI=1S/C8H16N2O/c1-2-3-4-5-7-9-6-8(11)10-7/h7,9H,2-6H2,1H3,(H,10,11). The summed E-state index contributed by atoms with van der Waals surface area (Å²) in [6.45, 7) is 2.68. The van der Waals surface area contributed by atoms with Gasteiger partial charge >= 0.3 is 0 Å². The summed E-state index contributed by atoms with van der Waals surface area (Å²) in [5.74, 6) is 0.131. The van der Waals surface area contributed by atoms with E-state index in [1.807, 2.05) is 0 Å². The molecular weight excluding hydrogens is 140 g/mol. The summed E-state index contributed by atoms with van der Waals surface area (Å²) < 4.78 is 0. The molecule has 0 spiro atoms. The van der Waals surface area contributed by atoms with E-state index in [4.69, 9.17) is 0 Å². The molecule has 64 valence electrons. The van der Waals surface area contributed by atoms with Crippen LogP contribution in [-0.4, -0.2) is 18.6 Å². The van der Waals surface area contributed by atoms with E-state index in [1.54, 1.807) is 0 Å². The highest BCUT2D eigenvalue weighted by Crippen LogP contribution is 2.03. The maximum atomic E-state index is 10.7. The fourth-order valence-electron chi connectivity index (χ4n) is 1.28. The summed E-state index contributed by atoms with van der Waals surface area (Å²) in [5.41, 5.74) is 0. The smallest absolute Gasteiger partial charge is 0.235 e. The number of amides is 1. The molecule has 1 aliphatic rings. The molecule has 1 aliphatic heterocycles. The van der Waals surface area contributed by atoms with Crippen LogP contribution in [0.1, 0.15) is 32.6 Å². The monoisotopic (exact) mass is 156 g/mol. The topological polar surface area (TPSA) is 41.1 Å². The zero-order valence-electron chi connectivity index (χ0n) is 7.02. The summed E-state index contributed by atoms with van der Waals surface area (Å²) in [6, 6.07) is 0. The summed E-state index contributed by atoms with van der Waals surface area (Å²) in [4.78, 5) is 10.7. The largest absolute Gasteiger partial charge is 0.340 e. The zero-order chi connectivity index (χ0) is 8.10. The Kier molecular flexibility index (Phi) is 3.36. The lowest BCUT2D eigenvalue weighted by Crippen LogP contribution is -2.31. The lowest BCUT2D eigenvalue weighted by Gasteiger charge is -2.08. The molecule has 2 N–H and O–H groups in total. The SMILES string of the molecule is CCCCCC1NCC(=O)N1. The average molecular weight is 156 g/mol. The second-order valence-corrected chi connectivity index (χ2v) is 3.00. The van der Waals surface area contributed by atoms with Gasteiger partial charge in [0.1, 0.15) is 0 Å². The van der Waals surface area contributed by atoms with Gasteiger partial charge in [-0.3, -0.25) is 10.1 Å². The van der Waals surface area contributed by atoms with Crippen LogP contribution in [0, 0.1) is 0 Å². The molecule has 1 amide bonds. The third-order valence-electron chi connectivity index (χ3n) is 1.94. The van der Waals surface area contributed by atoms with Crippen molar-refractivity contribution in [2.45, 2.75) is 38.8 Å². The number of hydrogen-bond donors (Lipinski definition) is 2. The summed E-state index contributed by atoms with van der Waals surface area (Å²) in [7, 11) is 0. The Morgan fingerprint density at radius 1 is 1.55 bits per heavy atom. The third-order valence-corrected chi connectivity index (χ3v) is 1.94. The normalized spacial score (nSPS) is 23.7. The maximum Gasteiger partial charge on any atom is 0.235 e. The van der Waals surface area contributed by atoms with Crippen LogP contribution in [0.2, 0.25) is 0 Å². The predicted octanol–water partition coefficient (Wildman–Crippen LogP) is 0.612. The molecule has 1 heterocycles. The number of nitrogens with one attached hydrogen (secondary N) is 2. The first-order valence-corrected chi connectivity index (χ1v) is 4.35. The lowest BCUT2D eigenvalue weighted by atomic mass is 10.2. The van der Waals surface area contributed by atoms with Crippen molar-refractivity contribution in [3.05, 3.63) is 0 Å². The Bertz CT molecular complexity index is 136. The minimum atomic E-state index is 0.131. The van der Waals surface area contributed by atoms with Gasteiger partial charge < -0.3 is 5.32 Å². The molecule has 0 aliphatic carbocycles. The van der Waals surface area contributed by atoms with Gasteiger partial charge in [0.05, 0.1) is 12.7 Å². The molecule has 11 heavy (non-hydrogen) atoms. The Hall–Kier alpha value is -0.570. The number of carbonyl (C=O) groups is 1. The van der Waals surface area contributed by atoms with Crippen molar-refractivity contribution in [2.75, 3.05) is 6.54 Å². The average Bonchev–Trinajstić information content (AvgIpc) is 2.37. The van der Waals surface area contributed by atoms with Gasteiger partial charge in [-0.15, -0.1) is 0 Å². The van der Waals surface area contributed by atoms with Gasteiger partial charge in [0.15, 0.2) is 0 Å². The Morgan fingerprint density at radius 2 is 2.36 bits per heavy atom. The van der Waals surface area contributed by atoms with E-state index in [2.05, 4.69) is 17.6 Å². The van der Waals surface area contributed by atoms with Gasteiger partial charge in [0.25, 0.3) is 0 Å². The van der Waals surface area contributed by atoms with Crippen molar-refractivity contribution in [3.63, 3.8) is 0 Å². The molecule has 3 heteroatoms. The number of hydrogen-bond acceptors (Lipinski definition) is 2. The molecule has 0 aromatic rings. The van der Waals surface area contributed by atoms with E-state index in [9.17, 15) is 4.79 Å². The second kappa shape index (κ2) is 4.34. The Labute approximate surface area is 67.5 Å². The first kappa shape index (κ1) is 8.53. The fourth-order valence-corrected chi connectivity index (χ4v) is 1.28. The fraction of sp³-hybridized carbons (Fsp3) is 0.875. The molecule has 0 aromatic carbocycles. The summed E-state index contributed by atoms with van der Waals surface area (Å²) >= 11 is 0. The van der Waals surface area contributed by atoms with Crippen LogP contribution in [0.15, 0.2) is 0 Å². The van der Waals surface area contributed by atoms with Crippen LogP contribution in [0.4, 0.5) is 0 Å². The maximum absolute atomic E-state index is 10.7. The third kappa shape index (κ3) is 2.89. The molecule has 0 saturated carbocycles. The first-order valence-electron chi connectivity index (χ1n) is 4.35. The molecule has 3 nitrogen and oxygen atoms in total. The van der Waals surface area contributed by atoms with Crippen LogP contribution in [-0.2, 0) is 4.79 Å². The van der Waals surface area contributed by atoms with Crippen LogP contribution in [0.5, 0.6) is 0 Å². The molecule has 1 unspecified atom stereocenters. The van der Waals surface area contributed by atoms with Crippen molar-refractivity contribution in [1.29, 1.82) is 0 Å². The molecular formula is C8H16N2O. The highest BCUT2D eigenvalue weighted by molar-refractivity contribution is 5.80. The van der Waals surface area contributed by atoms with Crippen LogP contribution in [0.25, 0.3) is 0 Å². The molecule has 1 saturated heterocycles. The zero-order valence-corrected chi connectivity index (χ0v) is 7.02. The molecule has 0 radical (unpaired) electrons. The summed E-state index contributed by atoms with van der Waals surface area (Å²) in [6.07, 6.45) is 5.01. The van der Waals surface area contributed by atoms with Crippen LogP contribution >= 0.6 is 0 Å². The number of carbonyl (C=O) groups excluding carboxylic acids is 1. The predicted molar refractivity (Wildman–Crippen MR) is 44.1 cm³/mol. The van der Waals surface area contributed by atoms with E-state index in [0.717, 1.165) is 6.42 Å². The van der Waals surface area contributed by atoms with Gasteiger partial charge in [-0.1, -0.05) is 26.2 Å². The molecule has 1 rings (SSSR count). The summed E-state index contributed by atoms with van der Waals surface area (Å²) in [5, 5.41) is 5.97. The van der Waals surface area contributed by atoms with Crippen molar-refractivity contribution in [1.82, 2.24) is 10.6 Å². The quantitative estimate of drug-likeness (QED) is 0.586. The minimum absolute atomic E-state index is 0.131. The lowest BCUT2D eigenvalue weighted by molar-refractivity contribution is -0.118. The van der Waals surface area contributed by atoms with E-state index in [0.29, 0.717) is 6.54 Å². The van der Waals surface area contributed by atoms with Crippen molar-refractivity contribution >= 4 is 5.91 Å². The first-order chi connectivity index (χ1) is 5.33. The molecule has 1 fully saturated rings. The van der Waals surface area contributed by atoms with E-state index in [-0.39, 0.29) is 12.1 Å². The minimum Gasteiger partial charge on any atom is -0.340 e. The second-order valence-electron chi connectivity index (χ2n) is 3.00. The Morgan fingerprint density at radius 3 is 2.91 bits per heavy atom. The van der Waals surface area contributed by atoms with Gasteiger partial charge in [-0.25, -0.2) is 0 Å². The molecule has 1 atom stereocenters. The molecule has 0 bridgehead atoms. The van der Waals surface area contributed by atoms with Crippen LogP contribution in [0.3, 0.4) is 0 Å². The van der Waals surface area contributed by atoms with Crippen molar-refractivity contribution in [3.8, 4) is 0 Å². The van der Waals surface area contributed by atoms with E-state index < -0.39 is 0 Å². The van der Waals surface area contributed by atoms with E-state index in [1.165, 1.54) is 19.3 Å². The van der Waals surface area contributed by atoms with Crippen molar-refractivity contribution in [2.24, 2.45) is 0 Å². The molecule has 0 aromatic heterocycles. The highest BCUT2D eigenvalue weighted by Gasteiger charge is 2.18. The van der Waals surface area contributed by atoms with Gasteiger partial charge in [-0.05, 0) is 6.42 Å². The number of unbranched alkanes of at least 4 members (excludes halogenated alkanes) is 2. The Balaban J connectivity index is 2.04. The number of rotatable bonds is 4. The van der Waals surface area contributed by atoms with Crippen LogP contribution < -0.4 is 10.6 Å².